The van der Waals surface area contributed by atoms with Crippen LogP contribution in [0.1, 0.15) is 31.7 Å². The standard InChI is InChI=1S/C27H30N4O3S2/c1-3-19-4-11-25(28-18-19)31-15-12-20(13-16-31)14-17-34-27-30-24-10-9-23(29-26(24)35-27)21-5-7-22(8-6-21)36(2,32)33/h4-11,18,20H,3,12-17H2,1-2H3. The van der Waals surface area contributed by atoms with Gasteiger partial charge in [-0.1, -0.05) is 36.5 Å². The number of ether oxygens (including phenoxy) is 1. The topological polar surface area (TPSA) is 85.3 Å². The molecule has 0 radical (unpaired) electrons. The lowest BCUT2D eigenvalue weighted by Crippen LogP contribution is -2.34. The second-order valence-electron chi connectivity index (χ2n) is 9.24. The minimum Gasteiger partial charge on any atom is -0.470 e. The van der Waals surface area contributed by atoms with Crippen LogP contribution in [0.2, 0.25) is 0 Å². The van der Waals surface area contributed by atoms with Crippen LogP contribution in [0, 0.1) is 5.92 Å². The molecule has 0 unspecified atom stereocenters. The summed E-state index contributed by atoms with van der Waals surface area (Å²) in [5.74, 6) is 1.72. The maximum atomic E-state index is 11.7. The second-order valence-corrected chi connectivity index (χ2v) is 12.2. The van der Waals surface area contributed by atoms with E-state index in [-0.39, 0.29) is 0 Å². The van der Waals surface area contributed by atoms with Crippen LogP contribution in [-0.2, 0) is 16.3 Å². The Bertz CT molecular complexity index is 1430. The van der Waals surface area contributed by atoms with Crippen molar-refractivity contribution >= 4 is 37.3 Å². The van der Waals surface area contributed by atoms with E-state index in [1.807, 2.05) is 18.3 Å². The van der Waals surface area contributed by atoms with E-state index in [1.54, 1.807) is 24.3 Å². The molecule has 0 atom stereocenters. The van der Waals surface area contributed by atoms with E-state index >= 15 is 0 Å². The number of aryl methyl sites for hydroxylation is 1. The summed E-state index contributed by atoms with van der Waals surface area (Å²) >= 11 is 1.44. The minimum atomic E-state index is -3.22. The van der Waals surface area contributed by atoms with Crippen LogP contribution >= 0.6 is 11.3 Å². The summed E-state index contributed by atoms with van der Waals surface area (Å²) in [4.78, 5) is 17.4. The number of hydrogen-bond donors (Lipinski definition) is 0. The molecule has 0 aliphatic carbocycles. The number of sulfone groups is 1. The smallest absolute Gasteiger partial charge is 0.275 e. The summed E-state index contributed by atoms with van der Waals surface area (Å²) in [5.41, 5.74) is 3.73. The van der Waals surface area contributed by atoms with Crippen molar-refractivity contribution in [1.82, 2.24) is 15.0 Å². The van der Waals surface area contributed by atoms with E-state index in [0.29, 0.717) is 22.6 Å². The first-order valence-corrected chi connectivity index (χ1v) is 15.0. The normalized spacial score (nSPS) is 14.9. The Morgan fingerprint density at radius 2 is 1.81 bits per heavy atom. The number of fused-ring (bicyclic) bond motifs is 1. The summed E-state index contributed by atoms with van der Waals surface area (Å²) in [5, 5.41) is 0.639. The van der Waals surface area contributed by atoms with Crippen molar-refractivity contribution in [2.45, 2.75) is 37.5 Å². The van der Waals surface area contributed by atoms with Gasteiger partial charge in [0, 0.05) is 31.1 Å². The van der Waals surface area contributed by atoms with Crippen molar-refractivity contribution in [3.05, 3.63) is 60.3 Å². The van der Waals surface area contributed by atoms with Gasteiger partial charge >= 0.3 is 0 Å². The van der Waals surface area contributed by atoms with Gasteiger partial charge in [0.2, 0.25) is 0 Å². The molecule has 7 nitrogen and oxygen atoms in total. The maximum absolute atomic E-state index is 11.7. The molecular formula is C27H30N4O3S2. The Hall–Kier alpha value is -3.04. The number of hydrogen-bond acceptors (Lipinski definition) is 8. The van der Waals surface area contributed by atoms with Gasteiger partial charge in [0.25, 0.3) is 5.19 Å². The van der Waals surface area contributed by atoms with Crippen LogP contribution in [0.4, 0.5) is 5.82 Å². The number of anilines is 1. The molecule has 0 spiro atoms. The Kier molecular flexibility index (Phi) is 7.20. The van der Waals surface area contributed by atoms with Crippen LogP contribution in [0.15, 0.2) is 59.6 Å². The lowest BCUT2D eigenvalue weighted by atomic mass is 9.94. The van der Waals surface area contributed by atoms with Gasteiger partial charge in [0.05, 0.1) is 17.2 Å². The highest BCUT2D eigenvalue weighted by molar-refractivity contribution is 7.90. The summed E-state index contributed by atoms with van der Waals surface area (Å²) < 4.78 is 29.4. The molecule has 0 amide bonds. The lowest BCUT2D eigenvalue weighted by molar-refractivity contribution is 0.258. The Labute approximate surface area is 216 Å². The quantitative estimate of drug-likeness (QED) is 0.306. The average Bonchev–Trinajstić information content (AvgIpc) is 3.31. The summed E-state index contributed by atoms with van der Waals surface area (Å²) in [6.07, 6.45) is 7.50. The molecule has 4 heterocycles. The van der Waals surface area contributed by atoms with Gasteiger partial charge in [-0.2, -0.15) is 0 Å². The minimum absolute atomic E-state index is 0.300. The van der Waals surface area contributed by atoms with Crippen molar-refractivity contribution in [3.63, 3.8) is 0 Å². The van der Waals surface area contributed by atoms with E-state index in [9.17, 15) is 8.42 Å². The zero-order valence-electron chi connectivity index (χ0n) is 20.6. The van der Waals surface area contributed by atoms with E-state index < -0.39 is 9.84 Å². The first-order chi connectivity index (χ1) is 17.4. The molecule has 0 bridgehead atoms. The molecule has 1 aromatic carbocycles. The number of piperidine rings is 1. The molecule has 1 aliphatic rings. The molecule has 5 rings (SSSR count). The van der Waals surface area contributed by atoms with Gasteiger partial charge in [-0.3, -0.25) is 0 Å². The largest absolute Gasteiger partial charge is 0.470 e. The van der Waals surface area contributed by atoms with E-state index in [0.717, 1.165) is 66.2 Å². The first kappa shape index (κ1) is 24.6. The Morgan fingerprint density at radius 1 is 1.03 bits per heavy atom. The fourth-order valence-corrected chi connectivity index (χ4v) is 5.91. The zero-order chi connectivity index (χ0) is 25.1. The highest BCUT2D eigenvalue weighted by atomic mass is 32.2. The number of benzene rings is 1. The molecule has 0 saturated carbocycles. The van der Waals surface area contributed by atoms with Gasteiger partial charge in [0.15, 0.2) is 9.84 Å². The molecule has 188 valence electrons. The molecule has 3 aromatic heterocycles. The predicted octanol–water partition coefficient (Wildman–Crippen LogP) is 5.40. The summed E-state index contributed by atoms with van der Waals surface area (Å²) in [6, 6.07) is 14.9. The molecule has 0 N–H and O–H groups in total. The second kappa shape index (κ2) is 10.5. The highest BCUT2D eigenvalue weighted by Crippen LogP contribution is 2.30. The number of aromatic nitrogens is 3. The molecule has 9 heteroatoms. The van der Waals surface area contributed by atoms with Gasteiger partial charge in [-0.25, -0.2) is 23.4 Å². The van der Waals surface area contributed by atoms with Crippen molar-refractivity contribution in [2.24, 2.45) is 5.92 Å². The molecule has 1 fully saturated rings. The van der Waals surface area contributed by atoms with Gasteiger partial charge < -0.3 is 9.64 Å². The number of rotatable bonds is 8. The zero-order valence-corrected chi connectivity index (χ0v) is 22.2. The summed E-state index contributed by atoms with van der Waals surface area (Å²) in [7, 11) is -3.22. The van der Waals surface area contributed by atoms with Crippen molar-refractivity contribution in [1.29, 1.82) is 0 Å². The average molecular weight is 523 g/mol. The van der Waals surface area contributed by atoms with Crippen LogP contribution in [0.5, 0.6) is 5.19 Å². The van der Waals surface area contributed by atoms with Crippen molar-refractivity contribution in [3.8, 4) is 16.5 Å². The fraction of sp³-hybridized carbons (Fsp3) is 0.370. The molecule has 1 aliphatic heterocycles. The third-order valence-corrected chi connectivity index (χ3v) is 8.73. The Balaban J connectivity index is 1.14. The van der Waals surface area contributed by atoms with Crippen LogP contribution in [0.25, 0.3) is 21.6 Å². The Morgan fingerprint density at radius 3 is 2.47 bits per heavy atom. The molecule has 36 heavy (non-hydrogen) atoms. The highest BCUT2D eigenvalue weighted by Gasteiger charge is 2.20. The van der Waals surface area contributed by atoms with E-state index in [2.05, 4.69) is 33.9 Å². The maximum Gasteiger partial charge on any atom is 0.275 e. The SMILES string of the molecule is CCc1ccc(N2CCC(CCOc3nc4ccc(-c5ccc(S(C)(=O)=O)cc5)nc4s3)CC2)nc1. The monoisotopic (exact) mass is 522 g/mol. The third kappa shape index (κ3) is 5.68. The van der Waals surface area contributed by atoms with Crippen molar-refractivity contribution < 1.29 is 13.2 Å². The van der Waals surface area contributed by atoms with Crippen LogP contribution in [0.3, 0.4) is 0 Å². The number of thiazole rings is 1. The van der Waals surface area contributed by atoms with Crippen LogP contribution in [-0.4, -0.2) is 49.3 Å². The number of nitrogens with zero attached hydrogens (tertiary/aromatic N) is 4. The van der Waals surface area contributed by atoms with E-state index in [1.165, 1.54) is 23.2 Å². The molecule has 1 saturated heterocycles. The number of pyridine rings is 2. The van der Waals surface area contributed by atoms with E-state index in [4.69, 9.17) is 9.72 Å². The lowest BCUT2D eigenvalue weighted by Gasteiger charge is -2.32. The van der Waals surface area contributed by atoms with Crippen LogP contribution < -0.4 is 9.64 Å². The van der Waals surface area contributed by atoms with Gasteiger partial charge in [-0.05, 0) is 67.5 Å². The predicted molar refractivity (Wildman–Crippen MR) is 145 cm³/mol. The third-order valence-electron chi connectivity index (χ3n) is 6.72. The fourth-order valence-electron chi connectivity index (χ4n) is 4.47. The molecular weight excluding hydrogens is 492 g/mol. The molecule has 4 aromatic rings. The first-order valence-electron chi connectivity index (χ1n) is 12.3. The summed E-state index contributed by atoms with van der Waals surface area (Å²) in [6.45, 7) is 4.86. The van der Waals surface area contributed by atoms with Gasteiger partial charge in [-0.15, -0.1) is 0 Å². The van der Waals surface area contributed by atoms with Gasteiger partial charge in [0.1, 0.15) is 16.2 Å². The van der Waals surface area contributed by atoms with Crippen molar-refractivity contribution in [2.75, 3.05) is 30.9 Å².